The predicted octanol–water partition coefficient (Wildman–Crippen LogP) is 2.12. The van der Waals surface area contributed by atoms with Crippen LogP contribution in [0.25, 0.3) is 0 Å². The van der Waals surface area contributed by atoms with Crippen molar-refractivity contribution in [1.29, 1.82) is 0 Å². The molecule has 0 aromatic carbocycles. The Morgan fingerprint density at radius 3 is 2.24 bits per heavy atom. The van der Waals surface area contributed by atoms with Crippen LogP contribution in [0.3, 0.4) is 0 Å². The molecule has 1 saturated heterocycles. The fraction of sp³-hybridized carbons (Fsp3) is 0.750. The van der Waals surface area contributed by atoms with Gasteiger partial charge < -0.3 is 15.0 Å². The van der Waals surface area contributed by atoms with Crippen molar-refractivity contribution in [2.45, 2.75) is 64.3 Å². The van der Waals surface area contributed by atoms with Gasteiger partial charge in [0.1, 0.15) is 0 Å². The van der Waals surface area contributed by atoms with Crippen molar-refractivity contribution in [2.24, 2.45) is 0 Å². The van der Waals surface area contributed by atoms with Gasteiger partial charge in [-0.2, -0.15) is 0 Å². The summed E-state index contributed by atoms with van der Waals surface area (Å²) in [6.07, 6.45) is 6.48. The summed E-state index contributed by atoms with van der Waals surface area (Å²) in [4.78, 5) is 11.3. The summed E-state index contributed by atoms with van der Waals surface area (Å²) in [6, 6.07) is 0.713. The van der Waals surface area contributed by atoms with E-state index in [-0.39, 0.29) is 11.2 Å². The molecule has 3 rings (SSSR count). The molecule has 2 heterocycles. The SMILES string of the molecule is CC1(C)CN(c2ncc(CNC3CC3)cn2)CC(C)(C)O1. The van der Waals surface area contributed by atoms with Crippen molar-refractivity contribution in [3.05, 3.63) is 18.0 Å². The quantitative estimate of drug-likeness (QED) is 0.920. The molecule has 5 nitrogen and oxygen atoms in total. The second kappa shape index (κ2) is 5.21. The molecule has 116 valence electrons. The zero-order valence-corrected chi connectivity index (χ0v) is 13.5. The molecule has 1 aliphatic carbocycles. The van der Waals surface area contributed by atoms with Crippen LogP contribution >= 0.6 is 0 Å². The first-order chi connectivity index (χ1) is 9.83. The van der Waals surface area contributed by atoms with E-state index in [1.165, 1.54) is 12.8 Å². The van der Waals surface area contributed by atoms with E-state index in [0.717, 1.165) is 31.1 Å². The molecule has 1 saturated carbocycles. The summed E-state index contributed by atoms with van der Waals surface area (Å²) in [6.45, 7) is 11.0. The molecule has 0 spiro atoms. The monoisotopic (exact) mass is 290 g/mol. The van der Waals surface area contributed by atoms with Gasteiger partial charge in [0.05, 0.1) is 11.2 Å². The Labute approximate surface area is 127 Å². The van der Waals surface area contributed by atoms with Crippen molar-refractivity contribution in [3.63, 3.8) is 0 Å². The highest BCUT2D eigenvalue weighted by atomic mass is 16.5. The minimum absolute atomic E-state index is 0.183. The Bertz CT molecular complexity index is 478. The van der Waals surface area contributed by atoms with E-state index in [0.29, 0.717) is 6.04 Å². The van der Waals surface area contributed by atoms with Gasteiger partial charge in [-0.3, -0.25) is 0 Å². The Balaban J connectivity index is 1.67. The topological polar surface area (TPSA) is 50.3 Å². The number of aromatic nitrogens is 2. The van der Waals surface area contributed by atoms with Gasteiger partial charge in [-0.15, -0.1) is 0 Å². The van der Waals surface area contributed by atoms with Crippen LogP contribution in [0.5, 0.6) is 0 Å². The Morgan fingerprint density at radius 1 is 1.14 bits per heavy atom. The molecule has 0 bridgehead atoms. The number of hydrogen-bond donors (Lipinski definition) is 1. The molecule has 0 amide bonds. The number of nitrogens with zero attached hydrogens (tertiary/aromatic N) is 3. The van der Waals surface area contributed by atoms with Gasteiger partial charge in [0.2, 0.25) is 5.95 Å². The van der Waals surface area contributed by atoms with Gasteiger partial charge in [0.15, 0.2) is 0 Å². The standard InChI is InChI=1S/C16H26N4O/c1-15(2)10-20(11-16(3,4)21-15)14-18-8-12(9-19-14)7-17-13-5-6-13/h8-9,13,17H,5-7,10-11H2,1-4H3. The number of hydrogen-bond acceptors (Lipinski definition) is 5. The van der Waals surface area contributed by atoms with E-state index in [2.05, 4.69) is 47.9 Å². The Hall–Kier alpha value is -1.20. The van der Waals surface area contributed by atoms with Gasteiger partial charge in [-0.05, 0) is 40.5 Å². The first kappa shape index (κ1) is 14.7. The summed E-state index contributed by atoms with van der Waals surface area (Å²) in [7, 11) is 0. The normalized spacial score (nSPS) is 24.1. The van der Waals surface area contributed by atoms with Gasteiger partial charge in [-0.1, -0.05) is 0 Å². The molecule has 1 aliphatic heterocycles. The van der Waals surface area contributed by atoms with Crippen LogP contribution in [0.1, 0.15) is 46.1 Å². The second-order valence-electron chi connectivity index (χ2n) is 7.52. The zero-order valence-electron chi connectivity index (χ0n) is 13.5. The lowest BCUT2D eigenvalue weighted by molar-refractivity contribution is -0.133. The minimum atomic E-state index is -0.183. The van der Waals surface area contributed by atoms with Crippen molar-refractivity contribution >= 4 is 5.95 Å². The molecule has 0 radical (unpaired) electrons. The van der Waals surface area contributed by atoms with Crippen molar-refractivity contribution in [2.75, 3.05) is 18.0 Å². The van der Waals surface area contributed by atoms with Crippen LogP contribution in [0.2, 0.25) is 0 Å². The molecule has 1 aromatic rings. The first-order valence-corrected chi connectivity index (χ1v) is 7.82. The minimum Gasteiger partial charge on any atom is -0.366 e. The zero-order chi connectivity index (χ0) is 15.1. The van der Waals surface area contributed by atoms with Gasteiger partial charge >= 0.3 is 0 Å². The molecular weight excluding hydrogens is 264 g/mol. The van der Waals surface area contributed by atoms with Gasteiger partial charge in [0, 0.05) is 43.6 Å². The number of rotatable bonds is 4. The summed E-state index contributed by atoms with van der Waals surface area (Å²) >= 11 is 0. The maximum absolute atomic E-state index is 6.10. The molecule has 0 unspecified atom stereocenters. The third-order valence-electron chi connectivity index (χ3n) is 3.84. The Morgan fingerprint density at radius 2 is 1.71 bits per heavy atom. The van der Waals surface area contributed by atoms with Gasteiger partial charge in [0.25, 0.3) is 0 Å². The summed E-state index contributed by atoms with van der Waals surface area (Å²) in [5.41, 5.74) is 0.784. The van der Waals surface area contributed by atoms with Crippen molar-refractivity contribution in [1.82, 2.24) is 15.3 Å². The summed E-state index contributed by atoms with van der Waals surface area (Å²) < 4.78 is 6.10. The van der Waals surface area contributed by atoms with Crippen LogP contribution in [0.4, 0.5) is 5.95 Å². The van der Waals surface area contributed by atoms with Crippen molar-refractivity contribution < 1.29 is 4.74 Å². The molecule has 2 fully saturated rings. The van der Waals surface area contributed by atoms with Gasteiger partial charge in [-0.25, -0.2) is 9.97 Å². The van der Waals surface area contributed by atoms with E-state index >= 15 is 0 Å². The van der Waals surface area contributed by atoms with Crippen LogP contribution in [-0.4, -0.2) is 40.3 Å². The molecule has 2 aliphatic rings. The predicted molar refractivity (Wildman–Crippen MR) is 83.3 cm³/mol. The van der Waals surface area contributed by atoms with Crippen molar-refractivity contribution in [3.8, 4) is 0 Å². The van der Waals surface area contributed by atoms with E-state index in [9.17, 15) is 0 Å². The van der Waals surface area contributed by atoms with Crippen LogP contribution < -0.4 is 10.2 Å². The smallest absolute Gasteiger partial charge is 0.225 e. The summed E-state index contributed by atoms with van der Waals surface area (Å²) in [5, 5.41) is 3.48. The highest BCUT2D eigenvalue weighted by molar-refractivity contribution is 5.32. The molecule has 0 atom stereocenters. The van der Waals surface area contributed by atoms with E-state index in [1.807, 2.05) is 12.4 Å². The van der Waals surface area contributed by atoms with Crippen LogP contribution in [0, 0.1) is 0 Å². The maximum Gasteiger partial charge on any atom is 0.225 e. The third kappa shape index (κ3) is 3.92. The molecule has 21 heavy (non-hydrogen) atoms. The highest BCUT2D eigenvalue weighted by Crippen LogP contribution is 2.29. The largest absolute Gasteiger partial charge is 0.366 e. The van der Waals surface area contributed by atoms with Crippen LogP contribution in [0.15, 0.2) is 12.4 Å². The number of nitrogens with one attached hydrogen (secondary N) is 1. The first-order valence-electron chi connectivity index (χ1n) is 7.82. The highest BCUT2D eigenvalue weighted by Gasteiger charge is 2.39. The fourth-order valence-corrected chi connectivity index (χ4v) is 3.08. The van der Waals surface area contributed by atoms with Crippen LogP contribution in [-0.2, 0) is 11.3 Å². The lowest BCUT2D eigenvalue weighted by Gasteiger charge is -2.47. The number of morpholine rings is 1. The maximum atomic E-state index is 6.10. The molecule has 1 N–H and O–H groups in total. The lowest BCUT2D eigenvalue weighted by Crippen LogP contribution is -2.57. The average molecular weight is 290 g/mol. The average Bonchev–Trinajstić information content (AvgIpc) is 3.17. The van der Waals surface area contributed by atoms with E-state index < -0.39 is 0 Å². The molecule has 1 aromatic heterocycles. The van der Waals surface area contributed by atoms with E-state index in [4.69, 9.17) is 4.74 Å². The second-order valence-corrected chi connectivity index (χ2v) is 7.52. The number of anilines is 1. The third-order valence-corrected chi connectivity index (χ3v) is 3.84. The molecule has 5 heteroatoms. The Kier molecular flexibility index (Phi) is 3.66. The van der Waals surface area contributed by atoms with E-state index in [1.54, 1.807) is 0 Å². The number of ether oxygens (including phenoxy) is 1. The fourth-order valence-electron chi connectivity index (χ4n) is 3.08. The molecular formula is C16H26N4O. The summed E-state index contributed by atoms with van der Waals surface area (Å²) in [5.74, 6) is 0.801. The lowest BCUT2D eigenvalue weighted by atomic mass is 9.99.